The molecule has 7 heteroatoms. The van der Waals surface area contributed by atoms with Gasteiger partial charge in [0.2, 0.25) is 5.91 Å². The number of thiophene rings is 1. The summed E-state index contributed by atoms with van der Waals surface area (Å²) in [5.41, 5.74) is 1.03. The Bertz CT molecular complexity index is 847. The van der Waals surface area contributed by atoms with Gasteiger partial charge >= 0.3 is 0 Å². The lowest BCUT2D eigenvalue weighted by atomic mass is 9.98. The van der Waals surface area contributed by atoms with Crippen molar-refractivity contribution in [1.29, 1.82) is 0 Å². The van der Waals surface area contributed by atoms with Crippen molar-refractivity contribution in [1.82, 2.24) is 14.9 Å². The molecule has 27 heavy (non-hydrogen) atoms. The minimum Gasteiger partial charge on any atom is -0.337 e. The average Bonchev–Trinajstić information content (AvgIpc) is 2.88. The van der Waals surface area contributed by atoms with E-state index in [0.29, 0.717) is 11.1 Å². The highest BCUT2D eigenvalue weighted by atomic mass is 32.2. The van der Waals surface area contributed by atoms with E-state index in [1.807, 2.05) is 32.6 Å². The minimum atomic E-state index is -0.0952. The summed E-state index contributed by atoms with van der Waals surface area (Å²) < 4.78 is 0. The Balaban J connectivity index is 2.24. The molecule has 1 N–H and O–H groups in total. The zero-order chi connectivity index (χ0) is 20.3. The van der Waals surface area contributed by atoms with Crippen LogP contribution in [0.2, 0.25) is 0 Å². The smallest absolute Gasteiger partial charge is 0.260 e. The fourth-order valence-electron chi connectivity index (χ4n) is 3.34. The van der Waals surface area contributed by atoms with Gasteiger partial charge in [0.05, 0.1) is 11.1 Å². The van der Waals surface area contributed by atoms with Crippen LogP contribution in [0, 0.1) is 12.8 Å². The lowest BCUT2D eigenvalue weighted by Crippen LogP contribution is -2.43. The summed E-state index contributed by atoms with van der Waals surface area (Å²) in [5, 5.41) is 1.24. The number of aromatic amines is 1. The zero-order valence-electron chi connectivity index (χ0n) is 17.4. The number of aromatic nitrogens is 2. The quantitative estimate of drug-likeness (QED) is 0.510. The first-order valence-corrected chi connectivity index (χ1v) is 11.4. The van der Waals surface area contributed by atoms with Crippen LogP contribution in [0.4, 0.5) is 0 Å². The van der Waals surface area contributed by atoms with Crippen LogP contribution in [-0.4, -0.2) is 38.6 Å². The molecular formula is C20H31N3O2S2. The predicted molar refractivity (Wildman–Crippen MR) is 116 cm³/mol. The fraction of sp³-hybridized carbons (Fsp3) is 0.650. The Hall–Kier alpha value is -1.34. The van der Waals surface area contributed by atoms with Gasteiger partial charge in [-0.05, 0) is 52.5 Å². The van der Waals surface area contributed by atoms with Gasteiger partial charge in [0.25, 0.3) is 5.56 Å². The monoisotopic (exact) mass is 409 g/mol. The fourth-order valence-corrected chi connectivity index (χ4v) is 5.18. The maximum atomic E-state index is 12.7. The van der Waals surface area contributed by atoms with Gasteiger partial charge in [-0.3, -0.25) is 9.59 Å². The molecule has 2 rings (SSSR count). The summed E-state index contributed by atoms with van der Waals surface area (Å²) >= 11 is 2.87. The van der Waals surface area contributed by atoms with Crippen LogP contribution in [0.25, 0.3) is 10.2 Å². The predicted octanol–water partition coefficient (Wildman–Crippen LogP) is 4.62. The molecule has 0 radical (unpaired) electrons. The SMILES string of the molecule is CC[C@@H](C)Cc1c(C)sc2nc(SCC(=O)N(C(C)C)C(C)C)[nH]c(=O)c12. The molecule has 0 aliphatic heterocycles. The number of rotatable bonds is 8. The topological polar surface area (TPSA) is 66.1 Å². The minimum absolute atomic E-state index is 0.0626. The Morgan fingerprint density at radius 1 is 1.22 bits per heavy atom. The number of thioether (sulfide) groups is 1. The first kappa shape index (κ1) is 22.0. The van der Waals surface area contributed by atoms with Crippen LogP contribution < -0.4 is 5.56 Å². The molecule has 2 heterocycles. The highest BCUT2D eigenvalue weighted by molar-refractivity contribution is 7.99. The van der Waals surface area contributed by atoms with E-state index in [1.165, 1.54) is 11.8 Å². The van der Waals surface area contributed by atoms with E-state index in [9.17, 15) is 9.59 Å². The van der Waals surface area contributed by atoms with Crippen molar-refractivity contribution in [3.63, 3.8) is 0 Å². The van der Waals surface area contributed by atoms with Crippen molar-refractivity contribution < 1.29 is 4.79 Å². The van der Waals surface area contributed by atoms with Gasteiger partial charge in [-0.1, -0.05) is 32.0 Å². The van der Waals surface area contributed by atoms with Gasteiger partial charge in [-0.15, -0.1) is 11.3 Å². The lowest BCUT2D eigenvalue weighted by Gasteiger charge is -2.30. The van der Waals surface area contributed by atoms with Crippen molar-refractivity contribution in [3.8, 4) is 0 Å². The van der Waals surface area contributed by atoms with Crippen LogP contribution in [0.15, 0.2) is 9.95 Å². The molecule has 1 atom stereocenters. The van der Waals surface area contributed by atoms with Gasteiger partial charge in [0.1, 0.15) is 4.83 Å². The number of nitrogens with one attached hydrogen (secondary N) is 1. The molecule has 0 fully saturated rings. The van der Waals surface area contributed by atoms with Crippen LogP contribution in [0.5, 0.6) is 0 Å². The molecule has 0 bridgehead atoms. The Labute approximate surface area is 170 Å². The summed E-state index contributed by atoms with van der Waals surface area (Å²) in [4.78, 5) is 36.6. The highest BCUT2D eigenvalue weighted by Crippen LogP contribution is 2.30. The maximum Gasteiger partial charge on any atom is 0.260 e. The third-order valence-electron chi connectivity index (χ3n) is 4.82. The highest BCUT2D eigenvalue weighted by Gasteiger charge is 2.21. The number of carbonyl (C=O) groups excluding carboxylic acids is 1. The first-order chi connectivity index (χ1) is 12.6. The van der Waals surface area contributed by atoms with Crippen LogP contribution in [0.3, 0.4) is 0 Å². The van der Waals surface area contributed by atoms with Crippen molar-refractivity contribution in [2.75, 3.05) is 5.75 Å². The van der Waals surface area contributed by atoms with E-state index in [0.717, 1.165) is 33.5 Å². The van der Waals surface area contributed by atoms with Crippen molar-refractivity contribution in [2.24, 2.45) is 5.92 Å². The summed E-state index contributed by atoms with van der Waals surface area (Å²) in [6.45, 7) is 14.5. The maximum absolute atomic E-state index is 12.7. The summed E-state index contributed by atoms with van der Waals surface area (Å²) in [6.07, 6.45) is 1.98. The van der Waals surface area contributed by atoms with Gasteiger partial charge in [0.15, 0.2) is 5.16 Å². The van der Waals surface area contributed by atoms with E-state index in [2.05, 4.69) is 30.7 Å². The average molecular weight is 410 g/mol. The number of hydrogen-bond donors (Lipinski definition) is 1. The van der Waals surface area contributed by atoms with Gasteiger partial charge < -0.3 is 9.88 Å². The molecule has 2 aromatic heterocycles. The second-order valence-electron chi connectivity index (χ2n) is 7.68. The second kappa shape index (κ2) is 9.24. The summed E-state index contributed by atoms with van der Waals surface area (Å²) in [5.74, 6) is 0.868. The second-order valence-corrected chi connectivity index (χ2v) is 9.85. The molecule has 2 aromatic rings. The number of carbonyl (C=O) groups is 1. The van der Waals surface area contributed by atoms with E-state index in [-0.39, 0.29) is 29.3 Å². The van der Waals surface area contributed by atoms with Gasteiger partial charge in [-0.2, -0.15) is 0 Å². The lowest BCUT2D eigenvalue weighted by molar-refractivity contribution is -0.131. The van der Waals surface area contributed by atoms with E-state index in [4.69, 9.17) is 0 Å². The number of nitrogens with zero attached hydrogens (tertiary/aromatic N) is 2. The number of fused-ring (bicyclic) bond motifs is 1. The van der Waals surface area contributed by atoms with Gasteiger partial charge in [0, 0.05) is 17.0 Å². The Morgan fingerprint density at radius 3 is 2.41 bits per heavy atom. The van der Waals surface area contributed by atoms with Crippen LogP contribution in [0.1, 0.15) is 58.4 Å². The molecular weight excluding hydrogens is 378 g/mol. The normalized spacial score (nSPS) is 12.9. The molecule has 0 spiro atoms. The Kier molecular flexibility index (Phi) is 7.51. The summed E-state index contributed by atoms with van der Waals surface area (Å²) in [7, 11) is 0. The van der Waals surface area contributed by atoms with E-state index in [1.54, 1.807) is 11.3 Å². The zero-order valence-corrected chi connectivity index (χ0v) is 19.0. The molecule has 0 unspecified atom stereocenters. The number of amides is 1. The molecule has 1 amide bonds. The third-order valence-corrected chi connectivity index (χ3v) is 6.72. The van der Waals surface area contributed by atoms with Gasteiger partial charge in [-0.25, -0.2) is 4.98 Å². The van der Waals surface area contributed by atoms with Crippen molar-refractivity contribution >= 4 is 39.2 Å². The van der Waals surface area contributed by atoms with Crippen molar-refractivity contribution in [3.05, 3.63) is 20.8 Å². The van der Waals surface area contributed by atoms with E-state index < -0.39 is 0 Å². The molecule has 150 valence electrons. The molecule has 5 nitrogen and oxygen atoms in total. The Morgan fingerprint density at radius 2 is 1.85 bits per heavy atom. The molecule has 0 aliphatic rings. The number of H-pyrrole nitrogens is 1. The molecule has 0 saturated heterocycles. The standard InChI is InChI=1S/C20H31N3O2S2/c1-8-13(6)9-15-14(7)27-19-17(15)18(25)21-20(22-19)26-10-16(24)23(11(2)3)12(4)5/h11-13H,8-10H2,1-7H3,(H,21,22,25)/t13-/m1/s1. The largest absolute Gasteiger partial charge is 0.337 e. The molecule has 0 aliphatic carbocycles. The number of hydrogen-bond acceptors (Lipinski definition) is 5. The third kappa shape index (κ3) is 5.13. The summed E-state index contributed by atoms with van der Waals surface area (Å²) in [6, 6.07) is 0.297. The van der Waals surface area contributed by atoms with Crippen LogP contribution >= 0.6 is 23.1 Å². The molecule has 0 aromatic carbocycles. The van der Waals surface area contributed by atoms with Crippen molar-refractivity contribution in [2.45, 2.75) is 78.5 Å². The van der Waals surface area contributed by atoms with Crippen LogP contribution in [-0.2, 0) is 11.2 Å². The first-order valence-electron chi connectivity index (χ1n) is 9.61. The van der Waals surface area contributed by atoms with E-state index >= 15 is 0 Å². The number of aryl methyl sites for hydroxylation is 1. The molecule has 0 saturated carbocycles.